The SMILES string of the molecule is C=CCCC/C=C/[C@@H](C#CC#C[C@@H](O)C=C)OC(C)=O. The second kappa shape index (κ2) is 11.8. The maximum Gasteiger partial charge on any atom is 0.304 e. The van der Waals surface area contributed by atoms with E-state index >= 15 is 0 Å². The number of aliphatic hydroxyl groups excluding tert-OH is 1. The first-order valence-electron chi connectivity index (χ1n) is 6.36. The fraction of sp³-hybridized carbons (Fsp3) is 0.353. The molecule has 0 amide bonds. The zero-order chi connectivity index (χ0) is 15.2. The van der Waals surface area contributed by atoms with Gasteiger partial charge in [-0.05, 0) is 43.1 Å². The summed E-state index contributed by atoms with van der Waals surface area (Å²) in [5.74, 6) is 9.79. The summed E-state index contributed by atoms with van der Waals surface area (Å²) in [6.45, 7) is 8.36. The van der Waals surface area contributed by atoms with Gasteiger partial charge in [-0.2, -0.15) is 0 Å². The van der Waals surface area contributed by atoms with Gasteiger partial charge in [0, 0.05) is 6.92 Å². The van der Waals surface area contributed by atoms with E-state index in [2.05, 4.69) is 36.8 Å². The van der Waals surface area contributed by atoms with Crippen LogP contribution in [-0.4, -0.2) is 23.3 Å². The number of esters is 1. The van der Waals surface area contributed by atoms with Crippen LogP contribution in [0.4, 0.5) is 0 Å². The second-order valence-electron chi connectivity index (χ2n) is 3.90. The van der Waals surface area contributed by atoms with Gasteiger partial charge in [-0.25, -0.2) is 0 Å². The molecule has 0 aromatic carbocycles. The zero-order valence-electron chi connectivity index (χ0n) is 11.8. The number of aliphatic hydroxyl groups is 1. The van der Waals surface area contributed by atoms with Gasteiger partial charge in [-0.1, -0.05) is 30.7 Å². The fourth-order valence-electron chi connectivity index (χ4n) is 1.17. The molecule has 0 aliphatic rings. The van der Waals surface area contributed by atoms with Crippen LogP contribution < -0.4 is 0 Å². The van der Waals surface area contributed by atoms with Crippen molar-refractivity contribution in [2.24, 2.45) is 0 Å². The molecule has 0 radical (unpaired) electrons. The van der Waals surface area contributed by atoms with Crippen molar-refractivity contribution in [3.05, 3.63) is 37.5 Å². The highest BCUT2D eigenvalue weighted by atomic mass is 16.5. The van der Waals surface area contributed by atoms with E-state index in [1.807, 2.05) is 12.2 Å². The number of allylic oxidation sites excluding steroid dienone is 2. The first kappa shape index (κ1) is 17.8. The molecule has 3 nitrogen and oxygen atoms in total. The van der Waals surface area contributed by atoms with Gasteiger partial charge in [0.25, 0.3) is 0 Å². The van der Waals surface area contributed by atoms with Crippen LogP contribution in [0.1, 0.15) is 26.2 Å². The molecule has 2 atom stereocenters. The van der Waals surface area contributed by atoms with Crippen molar-refractivity contribution in [1.29, 1.82) is 0 Å². The third-order valence-electron chi connectivity index (χ3n) is 2.10. The Labute approximate surface area is 121 Å². The molecule has 0 aliphatic carbocycles. The Morgan fingerprint density at radius 3 is 2.60 bits per heavy atom. The quantitative estimate of drug-likeness (QED) is 0.335. The van der Waals surface area contributed by atoms with E-state index in [4.69, 9.17) is 9.84 Å². The van der Waals surface area contributed by atoms with Gasteiger partial charge in [0.1, 0.15) is 6.10 Å². The highest BCUT2D eigenvalue weighted by molar-refractivity contribution is 5.66. The summed E-state index contributed by atoms with van der Waals surface area (Å²) < 4.78 is 5.02. The van der Waals surface area contributed by atoms with Crippen LogP contribution in [0, 0.1) is 23.7 Å². The van der Waals surface area contributed by atoms with Crippen molar-refractivity contribution in [3.63, 3.8) is 0 Å². The summed E-state index contributed by atoms with van der Waals surface area (Å²) in [6.07, 6.45) is 8.09. The van der Waals surface area contributed by atoms with Crippen LogP contribution in [0.3, 0.4) is 0 Å². The topological polar surface area (TPSA) is 46.5 Å². The molecule has 0 aromatic heterocycles. The average Bonchev–Trinajstić information content (AvgIpc) is 2.42. The molecule has 0 unspecified atom stereocenters. The van der Waals surface area contributed by atoms with Crippen molar-refractivity contribution < 1.29 is 14.6 Å². The average molecular weight is 272 g/mol. The number of hydrogen-bond acceptors (Lipinski definition) is 3. The molecule has 0 rings (SSSR count). The summed E-state index contributed by atoms with van der Waals surface area (Å²) in [5.41, 5.74) is 0. The van der Waals surface area contributed by atoms with Crippen molar-refractivity contribution in [3.8, 4) is 23.7 Å². The lowest BCUT2D eigenvalue weighted by Crippen LogP contribution is -2.11. The largest absolute Gasteiger partial charge is 0.445 e. The minimum absolute atomic E-state index is 0.404. The molecule has 1 N–H and O–H groups in total. The van der Waals surface area contributed by atoms with E-state index in [0.29, 0.717) is 0 Å². The van der Waals surface area contributed by atoms with Gasteiger partial charge in [-0.3, -0.25) is 4.79 Å². The van der Waals surface area contributed by atoms with Gasteiger partial charge in [0.2, 0.25) is 0 Å². The monoisotopic (exact) mass is 272 g/mol. The van der Waals surface area contributed by atoms with Crippen molar-refractivity contribution in [2.45, 2.75) is 38.4 Å². The van der Waals surface area contributed by atoms with E-state index in [-0.39, 0.29) is 0 Å². The number of carbonyl (C=O) groups is 1. The predicted molar refractivity (Wildman–Crippen MR) is 80.5 cm³/mol. The number of rotatable bonds is 7. The maximum absolute atomic E-state index is 11.0. The minimum Gasteiger partial charge on any atom is -0.445 e. The molecule has 20 heavy (non-hydrogen) atoms. The third-order valence-corrected chi connectivity index (χ3v) is 2.10. The lowest BCUT2D eigenvalue weighted by molar-refractivity contribution is -0.142. The van der Waals surface area contributed by atoms with Crippen molar-refractivity contribution >= 4 is 5.97 Å². The number of unbranched alkanes of at least 4 members (excludes halogenated alkanes) is 2. The molecule has 3 heteroatoms. The normalized spacial score (nSPS) is 12.3. The van der Waals surface area contributed by atoms with Crippen LogP contribution in [0.15, 0.2) is 37.5 Å². The Balaban J connectivity index is 4.51. The van der Waals surface area contributed by atoms with Gasteiger partial charge in [0.05, 0.1) is 0 Å². The van der Waals surface area contributed by atoms with Gasteiger partial charge in [0.15, 0.2) is 6.10 Å². The Hall–Kier alpha value is -2.23. The van der Waals surface area contributed by atoms with Crippen LogP contribution >= 0.6 is 0 Å². The molecule has 106 valence electrons. The molecule has 0 fully saturated rings. The highest BCUT2D eigenvalue weighted by Gasteiger charge is 2.02. The van der Waals surface area contributed by atoms with Gasteiger partial charge < -0.3 is 9.84 Å². The third kappa shape index (κ3) is 10.9. The molecule has 0 aliphatic heterocycles. The molecule has 0 aromatic rings. The maximum atomic E-state index is 11.0. The number of hydrogen-bond donors (Lipinski definition) is 1. The van der Waals surface area contributed by atoms with Gasteiger partial charge in [-0.15, -0.1) is 6.58 Å². The van der Waals surface area contributed by atoms with Crippen LogP contribution in [0.5, 0.6) is 0 Å². The molecular weight excluding hydrogens is 252 g/mol. The summed E-state index contributed by atoms with van der Waals surface area (Å²) in [7, 11) is 0. The molecule has 0 heterocycles. The molecule has 0 saturated heterocycles. The predicted octanol–water partition coefficient (Wildman–Crippen LogP) is 2.38. The molecule has 0 saturated carbocycles. The van der Waals surface area contributed by atoms with E-state index in [1.54, 1.807) is 6.08 Å². The first-order chi connectivity index (χ1) is 9.60. The van der Waals surface area contributed by atoms with E-state index in [1.165, 1.54) is 13.0 Å². The van der Waals surface area contributed by atoms with Crippen LogP contribution in [0.2, 0.25) is 0 Å². The van der Waals surface area contributed by atoms with E-state index in [0.717, 1.165) is 19.3 Å². The van der Waals surface area contributed by atoms with Crippen LogP contribution in [-0.2, 0) is 9.53 Å². The fourth-order valence-corrected chi connectivity index (χ4v) is 1.17. The van der Waals surface area contributed by atoms with E-state index in [9.17, 15) is 4.79 Å². The molecule has 0 spiro atoms. The summed E-state index contributed by atoms with van der Waals surface area (Å²) in [4.78, 5) is 11.0. The van der Waals surface area contributed by atoms with Gasteiger partial charge >= 0.3 is 5.97 Å². The molecular formula is C17H20O3. The number of ether oxygens (including phenoxy) is 1. The Kier molecular flexibility index (Phi) is 10.5. The first-order valence-corrected chi connectivity index (χ1v) is 6.36. The lowest BCUT2D eigenvalue weighted by Gasteiger charge is -2.04. The Bertz CT molecular complexity index is 466. The zero-order valence-corrected chi connectivity index (χ0v) is 11.8. The lowest BCUT2D eigenvalue weighted by atomic mass is 10.2. The number of carbonyl (C=O) groups excluding carboxylic acids is 1. The summed E-state index contributed by atoms with van der Waals surface area (Å²) in [5, 5.41) is 9.13. The van der Waals surface area contributed by atoms with Crippen molar-refractivity contribution in [2.75, 3.05) is 0 Å². The summed E-state index contributed by atoms with van der Waals surface area (Å²) >= 11 is 0. The minimum atomic E-state index is -0.897. The Morgan fingerprint density at radius 1 is 1.30 bits per heavy atom. The summed E-state index contributed by atoms with van der Waals surface area (Å²) in [6, 6.07) is 0. The Morgan fingerprint density at radius 2 is 2.00 bits per heavy atom. The standard InChI is InChI=1S/C17H20O3/c1-4-6-7-8-9-13-17(20-15(3)18)14-11-10-12-16(19)5-2/h4-5,9,13,16-17,19H,1-2,6-8H2,3H3/b13-9+/t16-,17-/m0/s1. The van der Waals surface area contributed by atoms with Crippen molar-refractivity contribution in [1.82, 2.24) is 0 Å². The smallest absolute Gasteiger partial charge is 0.304 e. The van der Waals surface area contributed by atoms with Crippen LogP contribution in [0.25, 0.3) is 0 Å². The van der Waals surface area contributed by atoms with E-state index < -0.39 is 18.2 Å². The second-order valence-corrected chi connectivity index (χ2v) is 3.90. The molecule has 0 bridgehead atoms. The highest BCUT2D eigenvalue weighted by Crippen LogP contribution is 2.00.